The molecule has 0 aromatic carbocycles. The molecule has 0 radical (unpaired) electrons. The molecule has 0 aromatic heterocycles. The van der Waals surface area contributed by atoms with Crippen LogP contribution in [0.4, 0.5) is 0 Å². The second-order valence-corrected chi connectivity index (χ2v) is 4.62. The van der Waals surface area contributed by atoms with E-state index in [4.69, 9.17) is 10.5 Å². The summed E-state index contributed by atoms with van der Waals surface area (Å²) in [6, 6.07) is -0.261. The summed E-state index contributed by atoms with van der Waals surface area (Å²) in [7, 11) is 0. The Labute approximate surface area is 90.8 Å². The van der Waals surface area contributed by atoms with Crippen LogP contribution < -0.4 is 5.73 Å². The van der Waals surface area contributed by atoms with Crippen molar-refractivity contribution >= 4 is 5.91 Å². The highest BCUT2D eigenvalue weighted by Crippen LogP contribution is 2.18. The molecule has 2 unspecified atom stereocenters. The summed E-state index contributed by atoms with van der Waals surface area (Å²) in [4.78, 5) is 13.7. The number of likely N-dealkylation sites (tertiary alicyclic amines) is 1. The Morgan fingerprint density at radius 1 is 1.40 bits per heavy atom. The van der Waals surface area contributed by atoms with Crippen LogP contribution in [0.15, 0.2) is 0 Å². The van der Waals surface area contributed by atoms with Gasteiger partial charge in [-0.2, -0.15) is 0 Å². The first-order valence-corrected chi connectivity index (χ1v) is 5.89. The molecule has 15 heavy (non-hydrogen) atoms. The molecule has 0 saturated carbocycles. The highest BCUT2D eigenvalue weighted by Gasteiger charge is 2.28. The van der Waals surface area contributed by atoms with Gasteiger partial charge in [0.1, 0.15) is 0 Å². The minimum Gasteiger partial charge on any atom is -0.381 e. The van der Waals surface area contributed by atoms with Crippen molar-refractivity contribution in [2.24, 2.45) is 11.7 Å². The zero-order valence-electron chi connectivity index (χ0n) is 9.15. The molecule has 2 aliphatic rings. The molecule has 2 N–H and O–H groups in total. The van der Waals surface area contributed by atoms with Gasteiger partial charge in [-0.3, -0.25) is 4.79 Å². The fourth-order valence-electron chi connectivity index (χ4n) is 2.41. The van der Waals surface area contributed by atoms with E-state index < -0.39 is 0 Å². The van der Waals surface area contributed by atoms with Crippen LogP contribution in [-0.2, 0) is 9.53 Å². The number of piperidine rings is 1. The molecule has 0 aromatic rings. The van der Waals surface area contributed by atoms with Crippen molar-refractivity contribution in [1.29, 1.82) is 0 Å². The Bertz CT molecular complexity index is 227. The van der Waals surface area contributed by atoms with Gasteiger partial charge in [0.15, 0.2) is 0 Å². The fourth-order valence-corrected chi connectivity index (χ4v) is 2.41. The molecule has 0 bridgehead atoms. The first-order chi connectivity index (χ1) is 7.27. The lowest BCUT2D eigenvalue weighted by Gasteiger charge is -2.34. The van der Waals surface area contributed by atoms with Crippen LogP contribution in [0, 0.1) is 5.92 Å². The Morgan fingerprint density at radius 3 is 3.00 bits per heavy atom. The predicted octanol–water partition coefficient (Wildman–Crippen LogP) is 0.363. The van der Waals surface area contributed by atoms with E-state index >= 15 is 0 Å². The zero-order chi connectivity index (χ0) is 10.7. The van der Waals surface area contributed by atoms with Gasteiger partial charge < -0.3 is 15.4 Å². The third-order valence-corrected chi connectivity index (χ3v) is 3.31. The SMILES string of the molecule is NC1CCCN(CC2CCCOC2)C1=O. The molecule has 2 heterocycles. The molecule has 1 amide bonds. The average Bonchev–Trinajstić information content (AvgIpc) is 2.26. The monoisotopic (exact) mass is 212 g/mol. The molecule has 0 aliphatic carbocycles. The minimum atomic E-state index is -0.261. The van der Waals surface area contributed by atoms with Crippen molar-refractivity contribution in [2.45, 2.75) is 31.7 Å². The Hall–Kier alpha value is -0.610. The third kappa shape index (κ3) is 2.69. The number of rotatable bonds is 2. The second kappa shape index (κ2) is 4.94. The highest BCUT2D eigenvalue weighted by molar-refractivity contribution is 5.82. The number of hydrogen-bond acceptors (Lipinski definition) is 3. The fraction of sp³-hybridized carbons (Fsp3) is 0.909. The van der Waals surface area contributed by atoms with Crippen molar-refractivity contribution in [3.05, 3.63) is 0 Å². The van der Waals surface area contributed by atoms with Crippen molar-refractivity contribution in [3.63, 3.8) is 0 Å². The number of nitrogens with two attached hydrogens (primary N) is 1. The summed E-state index contributed by atoms with van der Waals surface area (Å²) >= 11 is 0. The van der Waals surface area contributed by atoms with Crippen LogP contribution in [0.25, 0.3) is 0 Å². The molecule has 0 spiro atoms. The van der Waals surface area contributed by atoms with E-state index in [-0.39, 0.29) is 11.9 Å². The predicted molar refractivity (Wildman–Crippen MR) is 57.3 cm³/mol. The van der Waals surface area contributed by atoms with E-state index in [1.165, 1.54) is 6.42 Å². The lowest BCUT2D eigenvalue weighted by Crippen LogP contribution is -2.50. The van der Waals surface area contributed by atoms with Gasteiger partial charge in [-0.15, -0.1) is 0 Å². The van der Waals surface area contributed by atoms with Gasteiger partial charge in [0.05, 0.1) is 12.6 Å². The number of carbonyl (C=O) groups excluding carboxylic acids is 1. The van der Waals surface area contributed by atoms with Crippen LogP contribution in [0.2, 0.25) is 0 Å². The maximum atomic E-state index is 11.8. The van der Waals surface area contributed by atoms with Gasteiger partial charge in [-0.05, 0) is 31.6 Å². The van der Waals surface area contributed by atoms with Gasteiger partial charge in [-0.25, -0.2) is 0 Å². The van der Waals surface area contributed by atoms with E-state index in [1.807, 2.05) is 4.90 Å². The van der Waals surface area contributed by atoms with Crippen molar-refractivity contribution in [2.75, 3.05) is 26.3 Å². The standard InChI is InChI=1S/C11H20N2O2/c12-10-4-1-5-13(11(10)14)7-9-3-2-6-15-8-9/h9-10H,1-8,12H2. The summed E-state index contributed by atoms with van der Waals surface area (Å²) in [5.74, 6) is 0.653. The number of nitrogens with zero attached hydrogens (tertiary/aromatic N) is 1. The van der Waals surface area contributed by atoms with E-state index in [2.05, 4.69) is 0 Å². The smallest absolute Gasteiger partial charge is 0.239 e. The molecule has 86 valence electrons. The number of carbonyl (C=O) groups is 1. The molecular formula is C11H20N2O2. The second-order valence-electron chi connectivity index (χ2n) is 4.62. The largest absolute Gasteiger partial charge is 0.381 e. The highest BCUT2D eigenvalue weighted by atomic mass is 16.5. The maximum Gasteiger partial charge on any atom is 0.239 e. The first-order valence-electron chi connectivity index (χ1n) is 5.89. The minimum absolute atomic E-state index is 0.131. The first kappa shape index (κ1) is 10.9. The molecule has 2 saturated heterocycles. The summed E-state index contributed by atoms with van der Waals surface area (Å²) in [6.07, 6.45) is 4.19. The normalized spacial score (nSPS) is 33.1. The van der Waals surface area contributed by atoms with Gasteiger partial charge in [0, 0.05) is 19.7 Å². The van der Waals surface area contributed by atoms with E-state index in [1.54, 1.807) is 0 Å². The summed E-state index contributed by atoms with van der Waals surface area (Å²) in [6.45, 7) is 3.40. The lowest BCUT2D eigenvalue weighted by molar-refractivity contribution is -0.136. The van der Waals surface area contributed by atoms with Crippen molar-refractivity contribution in [3.8, 4) is 0 Å². The van der Waals surface area contributed by atoms with Crippen LogP contribution in [-0.4, -0.2) is 43.2 Å². The summed E-state index contributed by atoms with van der Waals surface area (Å²) in [5, 5.41) is 0. The Kier molecular flexibility index (Phi) is 3.59. The molecule has 2 aliphatic heterocycles. The Balaban J connectivity index is 1.84. The van der Waals surface area contributed by atoms with E-state index in [0.717, 1.165) is 45.6 Å². The van der Waals surface area contributed by atoms with Gasteiger partial charge >= 0.3 is 0 Å². The van der Waals surface area contributed by atoms with Crippen LogP contribution in [0.3, 0.4) is 0 Å². The van der Waals surface area contributed by atoms with E-state index in [9.17, 15) is 4.79 Å². The van der Waals surface area contributed by atoms with Crippen molar-refractivity contribution in [1.82, 2.24) is 4.90 Å². The summed E-state index contributed by atoms with van der Waals surface area (Å²) < 4.78 is 5.42. The molecule has 4 heteroatoms. The summed E-state index contributed by atoms with van der Waals surface area (Å²) in [5.41, 5.74) is 5.75. The number of hydrogen-bond donors (Lipinski definition) is 1. The van der Waals surface area contributed by atoms with Crippen LogP contribution >= 0.6 is 0 Å². The average molecular weight is 212 g/mol. The molecular weight excluding hydrogens is 192 g/mol. The van der Waals surface area contributed by atoms with Crippen molar-refractivity contribution < 1.29 is 9.53 Å². The molecule has 2 fully saturated rings. The van der Waals surface area contributed by atoms with Gasteiger partial charge in [0.25, 0.3) is 0 Å². The number of ether oxygens (including phenoxy) is 1. The molecule has 4 nitrogen and oxygen atoms in total. The lowest BCUT2D eigenvalue weighted by atomic mass is 9.99. The van der Waals surface area contributed by atoms with Gasteiger partial charge in [0.2, 0.25) is 5.91 Å². The zero-order valence-corrected chi connectivity index (χ0v) is 9.15. The van der Waals surface area contributed by atoms with E-state index in [0.29, 0.717) is 5.92 Å². The molecule has 2 atom stereocenters. The quantitative estimate of drug-likeness (QED) is 0.719. The third-order valence-electron chi connectivity index (χ3n) is 3.31. The maximum absolute atomic E-state index is 11.8. The molecule has 2 rings (SSSR count). The van der Waals surface area contributed by atoms with Crippen LogP contribution in [0.1, 0.15) is 25.7 Å². The Morgan fingerprint density at radius 2 is 2.27 bits per heavy atom. The van der Waals surface area contributed by atoms with Gasteiger partial charge in [-0.1, -0.05) is 0 Å². The topological polar surface area (TPSA) is 55.6 Å². The number of amides is 1. The van der Waals surface area contributed by atoms with Crippen LogP contribution in [0.5, 0.6) is 0 Å².